The third kappa shape index (κ3) is 4.73. The predicted octanol–water partition coefficient (Wildman–Crippen LogP) is 3.65. The van der Waals surface area contributed by atoms with Gasteiger partial charge >= 0.3 is 0 Å². The molecule has 126 valence electrons. The molecular weight excluding hydrogens is 328 g/mol. The second-order valence-corrected chi connectivity index (χ2v) is 5.78. The first-order valence-corrected chi connectivity index (χ1v) is 7.78. The number of anilines is 2. The van der Waals surface area contributed by atoms with Crippen molar-refractivity contribution in [3.05, 3.63) is 53.1 Å². The van der Waals surface area contributed by atoms with Crippen molar-refractivity contribution in [2.45, 2.75) is 13.8 Å². The van der Waals surface area contributed by atoms with Crippen molar-refractivity contribution in [2.75, 3.05) is 23.9 Å². The first-order chi connectivity index (χ1) is 11.4. The van der Waals surface area contributed by atoms with Gasteiger partial charge in [-0.05, 0) is 48.9 Å². The van der Waals surface area contributed by atoms with E-state index >= 15 is 0 Å². The lowest BCUT2D eigenvalue weighted by Gasteiger charge is -2.16. The monoisotopic (exact) mass is 346 g/mol. The molecule has 0 heterocycles. The number of benzene rings is 2. The molecule has 0 saturated heterocycles. The number of hydrogen-bond donors (Lipinski definition) is 1. The second kappa shape index (κ2) is 7.84. The molecule has 5 nitrogen and oxygen atoms in total. The normalized spacial score (nSPS) is 10.2. The fraction of sp³-hybridized carbons (Fsp3) is 0.222. The lowest BCUT2D eigenvalue weighted by molar-refractivity contribution is -0.118. The van der Waals surface area contributed by atoms with Crippen LogP contribution in [0.5, 0.6) is 5.75 Å². The van der Waals surface area contributed by atoms with Gasteiger partial charge in [0.25, 0.3) is 5.91 Å². The van der Waals surface area contributed by atoms with Crippen molar-refractivity contribution in [3.63, 3.8) is 0 Å². The van der Waals surface area contributed by atoms with Gasteiger partial charge in [0.2, 0.25) is 5.91 Å². The summed E-state index contributed by atoms with van der Waals surface area (Å²) in [6.07, 6.45) is 0. The Morgan fingerprint density at radius 1 is 1.21 bits per heavy atom. The Kier molecular flexibility index (Phi) is 5.82. The Hall–Kier alpha value is -2.53. The summed E-state index contributed by atoms with van der Waals surface area (Å²) in [6.45, 7) is 3.23. The molecule has 0 aromatic heterocycles. The molecule has 2 aromatic carbocycles. The Bertz CT molecular complexity index is 762. The lowest BCUT2D eigenvalue weighted by atomic mass is 10.2. The lowest BCUT2D eigenvalue weighted by Crippen LogP contribution is -2.23. The van der Waals surface area contributed by atoms with Gasteiger partial charge in [0.05, 0.1) is 0 Å². The largest absolute Gasteiger partial charge is 0.484 e. The molecule has 0 fully saturated rings. The molecule has 2 amide bonds. The Labute approximate surface area is 146 Å². The number of carbonyl (C=O) groups excluding carboxylic acids is 2. The first kappa shape index (κ1) is 17.8. The molecule has 1 N–H and O–H groups in total. The molecule has 2 aromatic rings. The third-order valence-corrected chi connectivity index (χ3v) is 3.91. The van der Waals surface area contributed by atoms with E-state index in [2.05, 4.69) is 5.32 Å². The number of carbonyl (C=O) groups is 2. The summed E-state index contributed by atoms with van der Waals surface area (Å²) in [5.41, 5.74) is 2.19. The maximum Gasteiger partial charge on any atom is 0.262 e. The van der Waals surface area contributed by atoms with Crippen LogP contribution in [0.2, 0.25) is 5.02 Å². The second-order valence-electron chi connectivity index (χ2n) is 5.38. The highest BCUT2D eigenvalue weighted by Gasteiger charge is 2.08. The number of nitrogens with one attached hydrogen (secondary N) is 1. The van der Waals surface area contributed by atoms with Crippen LogP contribution in [0.4, 0.5) is 11.4 Å². The zero-order valence-corrected chi connectivity index (χ0v) is 14.6. The van der Waals surface area contributed by atoms with Gasteiger partial charge < -0.3 is 15.0 Å². The van der Waals surface area contributed by atoms with E-state index in [0.717, 1.165) is 5.56 Å². The Morgan fingerprint density at radius 3 is 2.62 bits per heavy atom. The van der Waals surface area contributed by atoms with E-state index in [0.29, 0.717) is 22.1 Å². The minimum atomic E-state index is -0.287. The van der Waals surface area contributed by atoms with Gasteiger partial charge in [-0.2, -0.15) is 0 Å². The van der Waals surface area contributed by atoms with Crippen LogP contribution in [-0.2, 0) is 9.59 Å². The van der Waals surface area contributed by atoms with Gasteiger partial charge in [0.1, 0.15) is 5.75 Å². The van der Waals surface area contributed by atoms with Crippen molar-refractivity contribution in [2.24, 2.45) is 0 Å². The van der Waals surface area contributed by atoms with E-state index < -0.39 is 0 Å². The van der Waals surface area contributed by atoms with Crippen LogP contribution in [0.3, 0.4) is 0 Å². The molecule has 0 radical (unpaired) electrons. The van der Waals surface area contributed by atoms with Crippen LogP contribution < -0.4 is 15.0 Å². The SMILES string of the molecule is CC(=O)N(C)c1cccc(NC(=O)COc2ccc(Cl)c(C)c2)c1. The maximum absolute atomic E-state index is 12.0. The molecule has 0 aliphatic rings. The van der Waals surface area contributed by atoms with Crippen molar-refractivity contribution in [3.8, 4) is 5.75 Å². The van der Waals surface area contributed by atoms with Gasteiger partial charge in [-0.3, -0.25) is 9.59 Å². The number of aryl methyl sites for hydroxylation is 1. The van der Waals surface area contributed by atoms with Crippen LogP contribution in [0.1, 0.15) is 12.5 Å². The fourth-order valence-electron chi connectivity index (χ4n) is 2.03. The molecule has 0 saturated carbocycles. The summed E-state index contributed by atoms with van der Waals surface area (Å²) in [7, 11) is 1.68. The molecule has 6 heteroatoms. The molecule has 0 aliphatic heterocycles. The van der Waals surface area contributed by atoms with E-state index in [1.165, 1.54) is 11.8 Å². The number of halogens is 1. The van der Waals surface area contributed by atoms with Gasteiger partial charge in [0, 0.05) is 30.4 Å². The van der Waals surface area contributed by atoms with Gasteiger partial charge in [0.15, 0.2) is 6.61 Å². The van der Waals surface area contributed by atoms with Crippen molar-refractivity contribution >= 4 is 34.8 Å². The van der Waals surface area contributed by atoms with Crippen molar-refractivity contribution in [1.29, 1.82) is 0 Å². The highest BCUT2D eigenvalue weighted by atomic mass is 35.5. The van der Waals surface area contributed by atoms with Gasteiger partial charge in [-0.25, -0.2) is 0 Å². The molecule has 0 atom stereocenters. The summed E-state index contributed by atoms with van der Waals surface area (Å²) in [5.74, 6) is 0.210. The average molecular weight is 347 g/mol. The van der Waals surface area contributed by atoms with Crippen molar-refractivity contribution < 1.29 is 14.3 Å². The summed E-state index contributed by atoms with van der Waals surface area (Å²) in [4.78, 5) is 24.9. The van der Waals surface area contributed by atoms with E-state index in [1.807, 2.05) is 6.92 Å². The van der Waals surface area contributed by atoms with Crippen LogP contribution >= 0.6 is 11.6 Å². The summed E-state index contributed by atoms with van der Waals surface area (Å²) in [6, 6.07) is 12.3. The third-order valence-electron chi connectivity index (χ3n) is 3.49. The molecule has 24 heavy (non-hydrogen) atoms. The standard InChI is InChI=1S/C18H19ClN2O3/c1-12-9-16(7-8-17(12)19)24-11-18(23)20-14-5-4-6-15(10-14)21(3)13(2)22/h4-10H,11H2,1-3H3,(H,20,23). The quantitative estimate of drug-likeness (QED) is 0.899. The minimum Gasteiger partial charge on any atom is -0.484 e. The molecule has 0 bridgehead atoms. The number of amides is 2. The molecule has 0 spiro atoms. The van der Waals surface area contributed by atoms with E-state index in [9.17, 15) is 9.59 Å². The summed E-state index contributed by atoms with van der Waals surface area (Å²) in [5, 5.41) is 3.40. The molecule has 0 aliphatic carbocycles. The van der Waals surface area contributed by atoms with Crippen LogP contribution in [0, 0.1) is 6.92 Å². The predicted molar refractivity (Wildman–Crippen MR) is 95.8 cm³/mol. The molecule has 2 rings (SSSR count). The zero-order chi connectivity index (χ0) is 17.7. The number of rotatable bonds is 5. The highest BCUT2D eigenvalue weighted by molar-refractivity contribution is 6.31. The number of nitrogens with zero attached hydrogens (tertiary/aromatic N) is 1. The maximum atomic E-state index is 12.0. The van der Waals surface area contributed by atoms with Crippen LogP contribution in [0.25, 0.3) is 0 Å². The van der Waals surface area contributed by atoms with E-state index in [1.54, 1.807) is 49.5 Å². The molecular formula is C18H19ClN2O3. The smallest absolute Gasteiger partial charge is 0.262 e. The Morgan fingerprint density at radius 2 is 1.96 bits per heavy atom. The zero-order valence-electron chi connectivity index (χ0n) is 13.8. The van der Waals surface area contributed by atoms with E-state index in [4.69, 9.17) is 16.3 Å². The van der Waals surface area contributed by atoms with Crippen molar-refractivity contribution in [1.82, 2.24) is 0 Å². The fourth-order valence-corrected chi connectivity index (χ4v) is 2.14. The van der Waals surface area contributed by atoms with Gasteiger partial charge in [-0.15, -0.1) is 0 Å². The number of ether oxygens (including phenoxy) is 1. The average Bonchev–Trinajstić information content (AvgIpc) is 2.55. The van der Waals surface area contributed by atoms with Crippen LogP contribution in [0.15, 0.2) is 42.5 Å². The highest BCUT2D eigenvalue weighted by Crippen LogP contribution is 2.21. The summed E-state index contributed by atoms with van der Waals surface area (Å²) >= 11 is 5.95. The topological polar surface area (TPSA) is 58.6 Å². The number of hydrogen-bond acceptors (Lipinski definition) is 3. The summed E-state index contributed by atoms with van der Waals surface area (Å²) < 4.78 is 5.46. The van der Waals surface area contributed by atoms with Crippen LogP contribution in [-0.4, -0.2) is 25.5 Å². The Balaban J connectivity index is 1.96. The van der Waals surface area contributed by atoms with Gasteiger partial charge in [-0.1, -0.05) is 17.7 Å². The minimum absolute atomic E-state index is 0.0834. The molecule has 0 unspecified atom stereocenters. The van der Waals surface area contributed by atoms with E-state index in [-0.39, 0.29) is 18.4 Å². The first-order valence-electron chi connectivity index (χ1n) is 7.40.